The summed E-state index contributed by atoms with van der Waals surface area (Å²) in [6.45, 7) is 0.137. The van der Waals surface area contributed by atoms with Crippen molar-refractivity contribution in [1.29, 1.82) is 0 Å². The van der Waals surface area contributed by atoms with Crippen LogP contribution in [0.1, 0.15) is 11.6 Å². The Labute approximate surface area is 154 Å². The van der Waals surface area contributed by atoms with Crippen LogP contribution in [0.25, 0.3) is 0 Å². The molecule has 0 aliphatic carbocycles. The molecular weight excluding hydrogens is 390 g/mol. The van der Waals surface area contributed by atoms with Gasteiger partial charge in [-0.3, -0.25) is 4.79 Å². The molecular formula is C16H13Cl2FN2O3S. The van der Waals surface area contributed by atoms with Gasteiger partial charge in [-0.15, -0.1) is 0 Å². The molecule has 132 valence electrons. The Morgan fingerprint density at radius 2 is 1.84 bits per heavy atom. The van der Waals surface area contributed by atoms with Crippen molar-refractivity contribution in [3.63, 3.8) is 0 Å². The summed E-state index contributed by atoms with van der Waals surface area (Å²) in [6.07, 6.45) is 0. The summed E-state index contributed by atoms with van der Waals surface area (Å²) in [7, 11) is -4.09. The van der Waals surface area contributed by atoms with Crippen molar-refractivity contribution < 1.29 is 17.6 Å². The lowest BCUT2D eigenvalue weighted by Gasteiger charge is -2.34. The topological polar surface area (TPSA) is 66.5 Å². The highest BCUT2D eigenvalue weighted by molar-refractivity contribution is 7.89. The van der Waals surface area contributed by atoms with Gasteiger partial charge in [-0.25, -0.2) is 12.8 Å². The molecule has 1 aliphatic heterocycles. The lowest BCUT2D eigenvalue weighted by Crippen LogP contribution is -2.52. The van der Waals surface area contributed by atoms with Gasteiger partial charge in [0.15, 0.2) is 0 Å². The number of hydrogen-bond donors (Lipinski definition) is 1. The van der Waals surface area contributed by atoms with Crippen LogP contribution >= 0.6 is 23.2 Å². The number of halogens is 3. The molecule has 1 unspecified atom stereocenters. The SMILES string of the molecule is O=C1NCCN(S(=O)(=O)c2ccc(Cl)c(Cl)c2)C1c1ccccc1F. The van der Waals surface area contributed by atoms with Crippen molar-refractivity contribution >= 4 is 39.1 Å². The van der Waals surface area contributed by atoms with E-state index in [0.29, 0.717) is 0 Å². The maximum absolute atomic E-state index is 14.2. The van der Waals surface area contributed by atoms with Gasteiger partial charge in [0, 0.05) is 18.7 Å². The molecule has 1 amide bonds. The highest BCUT2D eigenvalue weighted by Crippen LogP contribution is 2.33. The number of nitrogens with one attached hydrogen (secondary N) is 1. The van der Waals surface area contributed by atoms with E-state index >= 15 is 0 Å². The van der Waals surface area contributed by atoms with E-state index in [0.717, 1.165) is 4.31 Å². The molecule has 5 nitrogen and oxygen atoms in total. The fourth-order valence-corrected chi connectivity index (χ4v) is 4.63. The molecule has 9 heteroatoms. The number of carbonyl (C=O) groups is 1. The fraction of sp³-hybridized carbons (Fsp3) is 0.188. The van der Waals surface area contributed by atoms with Crippen LogP contribution < -0.4 is 5.32 Å². The minimum atomic E-state index is -4.09. The van der Waals surface area contributed by atoms with Crippen molar-refractivity contribution in [3.8, 4) is 0 Å². The Kier molecular flexibility index (Phi) is 5.02. The van der Waals surface area contributed by atoms with Crippen LogP contribution in [0.3, 0.4) is 0 Å². The Bertz CT molecular complexity index is 937. The summed E-state index contributed by atoms with van der Waals surface area (Å²) < 4.78 is 41.2. The Hall–Kier alpha value is -1.67. The fourth-order valence-electron chi connectivity index (χ4n) is 2.67. The number of carbonyl (C=O) groups excluding carboxylic acids is 1. The third-order valence-electron chi connectivity index (χ3n) is 3.87. The largest absolute Gasteiger partial charge is 0.353 e. The van der Waals surface area contributed by atoms with Crippen molar-refractivity contribution in [2.45, 2.75) is 10.9 Å². The number of hydrogen-bond acceptors (Lipinski definition) is 3. The normalized spacial score (nSPS) is 18.8. The van der Waals surface area contributed by atoms with Crippen LogP contribution in [0.5, 0.6) is 0 Å². The zero-order chi connectivity index (χ0) is 18.2. The maximum atomic E-state index is 14.2. The van der Waals surface area contributed by atoms with E-state index in [1.807, 2.05) is 0 Å². The second kappa shape index (κ2) is 6.92. The zero-order valence-corrected chi connectivity index (χ0v) is 15.1. The summed E-state index contributed by atoms with van der Waals surface area (Å²) in [4.78, 5) is 12.2. The highest BCUT2D eigenvalue weighted by atomic mass is 35.5. The molecule has 1 heterocycles. The van der Waals surface area contributed by atoms with E-state index in [2.05, 4.69) is 5.32 Å². The summed E-state index contributed by atoms with van der Waals surface area (Å²) in [5, 5.41) is 2.86. The van der Waals surface area contributed by atoms with Crippen LogP contribution in [0.4, 0.5) is 4.39 Å². The maximum Gasteiger partial charge on any atom is 0.244 e. The monoisotopic (exact) mass is 402 g/mol. The molecule has 0 spiro atoms. The van der Waals surface area contributed by atoms with E-state index in [4.69, 9.17) is 23.2 Å². The number of piperazine rings is 1. The van der Waals surface area contributed by atoms with Gasteiger partial charge in [0.2, 0.25) is 15.9 Å². The first kappa shape index (κ1) is 18.1. The molecule has 0 saturated carbocycles. The molecule has 0 aromatic heterocycles. The summed E-state index contributed by atoms with van der Waals surface area (Å²) in [6, 6.07) is 8.16. The smallest absolute Gasteiger partial charge is 0.244 e. The minimum absolute atomic E-state index is 0.00726. The lowest BCUT2D eigenvalue weighted by molar-refractivity contribution is -0.127. The third-order valence-corrected chi connectivity index (χ3v) is 6.46. The summed E-state index contributed by atoms with van der Waals surface area (Å²) in [5.41, 5.74) is -0.0108. The Morgan fingerprint density at radius 1 is 1.12 bits per heavy atom. The van der Waals surface area contributed by atoms with E-state index in [9.17, 15) is 17.6 Å². The van der Waals surface area contributed by atoms with Gasteiger partial charge in [-0.2, -0.15) is 4.31 Å². The van der Waals surface area contributed by atoms with E-state index < -0.39 is 27.8 Å². The van der Waals surface area contributed by atoms with Crippen molar-refractivity contribution in [2.75, 3.05) is 13.1 Å². The number of amides is 1. The first-order valence-electron chi connectivity index (χ1n) is 7.31. The van der Waals surface area contributed by atoms with Gasteiger partial charge < -0.3 is 5.32 Å². The first-order chi connectivity index (χ1) is 11.8. The Balaban J connectivity index is 2.10. The van der Waals surface area contributed by atoms with Gasteiger partial charge in [0.05, 0.1) is 14.9 Å². The van der Waals surface area contributed by atoms with Gasteiger partial charge in [0.25, 0.3) is 0 Å². The number of sulfonamides is 1. The molecule has 0 bridgehead atoms. The van der Waals surface area contributed by atoms with Crippen LogP contribution in [-0.4, -0.2) is 31.7 Å². The predicted molar refractivity (Wildman–Crippen MR) is 92.5 cm³/mol. The molecule has 3 rings (SSSR count). The van der Waals surface area contributed by atoms with Crippen LogP contribution in [-0.2, 0) is 14.8 Å². The quantitative estimate of drug-likeness (QED) is 0.857. The van der Waals surface area contributed by atoms with Crippen LogP contribution in [0.2, 0.25) is 10.0 Å². The molecule has 1 fully saturated rings. The number of benzene rings is 2. The average Bonchev–Trinajstić information content (AvgIpc) is 2.58. The number of rotatable bonds is 3. The van der Waals surface area contributed by atoms with Crippen molar-refractivity contribution in [1.82, 2.24) is 9.62 Å². The van der Waals surface area contributed by atoms with Gasteiger partial charge in [-0.05, 0) is 24.3 Å². The van der Waals surface area contributed by atoms with E-state index in [1.54, 1.807) is 6.07 Å². The first-order valence-corrected chi connectivity index (χ1v) is 9.51. The predicted octanol–water partition coefficient (Wildman–Crippen LogP) is 2.99. The van der Waals surface area contributed by atoms with E-state index in [-0.39, 0.29) is 33.6 Å². The third kappa shape index (κ3) is 3.37. The second-order valence-corrected chi connectivity index (χ2v) is 8.11. The molecule has 1 aliphatic rings. The highest BCUT2D eigenvalue weighted by Gasteiger charge is 2.40. The average molecular weight is 403 g/mol. The summed E-state index contributed by atoms with van der Waals surface area (Å²) in [5.74, 6) is -1.24. The lowest BCUT2D eigenvalue weighted by atomic mass is 10.0. The molecule has 2 aromatic carbocycles. The molecule has 1 atom stereocenters. The molecule has 25 heavy (non-hydrogen) atoms. The molecule has 0 radical (unpaired) electrons. The van der Waals surface area contributed by atoms with Gasteiger partial charge in [0.1, 0.15) is 11.9 Å². The van der Waals surface area contributed by atoms with Crippen molar-refractivity contribution in [2.24, 2.45) is 0 Å². The van der Waals surface area contributed by atoms with Gasteiger partial charge in [-0.1, -0.05) is 41.4 Å². The zero-order valence-electron chi connectivity index (χ0n) is 12.7. The minimum Gasteiger partial charge on any atom is -0.353 e. The standard InChI is InChI=1S/C16H13Cl2FN2O3S/c17-12-6-5-10(9-13(12)18)25(23,24)21-8-7-20-16(22)15(21)11-3-1-2-4-14(11)19/h1-6,9,15H,7-8H2,(H,20,22). The number of nitrogens with zero attached hydrogens (tertiary/aromatic N) is 1. The second-order valence-electron chi connectivity index (χ2n) is 5.41. The molecule has 1 saturated heterocycles. The van der Waals surface area contributed by atoms with Crippen molar-refractivity contribution in [3.05, 3.63) is 63.9 Å². The molecule has 1 N–H and O–H groups in total. The van der Waals surface area contributed by atoms with E-state index in [1.165, 1.54) is 36.4 Å². The molecule has 2 aromatic rings. The van der Waals surface area contributed by atoms with Crippen LogP contribution in [0, 0.1) is 5.82 Å². The van der Waals surface area contributed by atoms with Gasteiger partial charge >= 0.3 is 0 Å². The Morgan fingerprint density at radius 3 is 2.52 bits per heavy atom. The summed E-state index contributed by atoms with van der Waals surface area (Å²) >= 11 is 11.7. The van der Waals surface area contributed by atoms with Crippen LogP contribution in [0.15, 0.2) is 47.4 Å².